The van der Waals surface area contributed by atoms with E-state index in [1.54, 1.807) is 31.4 Å². The zero-order valence-corrected chi connectivity index (χ0v) is 14.8. The van der Waals surface area contributed by atoms with Crippen molar-refractivity contribution < 1.29 is 13.2 Å². The Morgan fingerprint density at radius 1 is 1.08 bits per heavy atom. The first-order valence-corrected chi connectivity index (χ1v) is 9.56. The lowest BCUT2D eigenvalue weighted by atomic mass is 9.99. The number of hydrogen-bond acceptors (Lipinski definition) is 4. The smallest absolute Gasteiger partial charge is 0.182 e. The van der Waals surface area contributed by atoms with Crippen molar-refractivity contribution in [3.8, 4) is 0 Å². The van der Waals surface area contributed by atoms with Gasteiger partial charge in [-0.05, 0) is 24.6 Å². The Kier molecular flexibility index (Phi) is 4.51. The Bertz CT molecular complexity index is 802. The van der Waals surface area contributed by atoms with Crippen LogP contribution in [0.2, 0.25) is 0 Å². The zero-order chi connectivity index (χ0) is 17.4. The van der Waals surface area contributed by atoms with Crippen LogP contribution in [-0.4, -0.2) is 33.9 Å². The van der Waals surface area contributed by atoms with E-state index in [9.17, 15) is 8.42 Å². The molecule has 0 aliphatic heterocycles. The Hall–Kier alpha value is -1.69. The van der Waals surface area contributed by atoms with Gasteiger partial charge in [-0.2, -0.15) is 0 Å². The van der Waals surface area contributed by atoms with Gasteiger partial charge in [0.1, 0.15) is 0 Å². The average Bonchev–Trinajstić information content (AvgIpc) is 3.26. The molecule has 0 spiro atoms. The fourth-order valence-electron chi connectivity index (χ4n) is 3.72. The molecule has 4 nitrogen and oxygen atoms in total. The van der Waals surface area contributed by atoms with E-state index in [4.69, 9.17) is 10.5 Å². The highest BCUT2D eigenvalue weighted by atomic mass is 32.2. The maximum atomic E-state index is 13.2. The standard InChI is InChI=1S/C19H23NO3S/c1-14-8-10-15(11-9-14)17-18(19(17,12-20)13-23-2)24(21,22)16-6-4-3-5-7-16/h3-11,17-18H,12-13,20H2,1-2H3. The summed E-state index contributed by atoms with van der Waals surface area (Å²) in [6.45, 7) is 2.62. The van der Waals surface area contributed by atoms with Gasteiger partial charge in [-0.25, -0.2) is 8.42 Å². The highest BCUT2D eigenvalue weighted by Gasteiger charge is 2.70. The van der Waals surface area contributed by atoms with E-state index >= 15 is 0 Å². The summed E-state index contributed by atoms with van der Waals surface area (Å²) in [4.78, 5) is 0.346. The second-order valence-electron chi connectivity index (χ2n) is 6.54. The number of ether oxygens (including phenoxy) is 1. The van der Waals surface area contributed by atoms with Crippen LogP contribution in [-0.2, 0) is 14.6 Å². The van der Waals surface area contributed by atoms with Gasteiger partial charge in [0.25, 0.3) is 0 Å². The molecule has 0 bridgehead atoms. The molecule has 3 unspecified atom stereocenters. The fraction of sp³-hybridized carbons (Fsp3) is 0.368. The van der Waals surface area contributed by atoms with Crippen LogP contribution in [0, 0.1) is 12.3 Å². The van der Waals surface area contributed by atoms with E-state index in [1.807, 2.05) is 37.3 Å². The highest BCUT2D eigenvalue weighted by molar-refractivity contribution is 7.92. The lowest BCUT2D eigenvalue weighted by Gasteiger charge is -2.15. The molecule has 0 saturated heterocycles. The summed E-state index contributed by atoms with van der Waals surface area (Å²) in [5.74, 6) is -0.145. The van der Waals surface area contributed by atoms with E-state index in [0.29, 0.717) is 11.5 Å². The van der Waals surface area contributed by atoms with E-state index in [0.717, 1.165) is 11.1 Å². The zero-order valence-electron chi connectivity index (χ0n) is 14.0. The molecule has 1 aliphatic carbocycles. The topological polar surface area (TPSA) is 69.4 Å². The van der Waals surface area contributed by atoms with Gasteiger partial charge in [-0.1, -0.05) is 48.0 Å². The number of nitrogens with two attached hydrogens (primary N) is 1. The first-order chi connectivity index (χ1) is 11.5. The van der Waals surface area contributed by atoms with Gasteiger partial charge in [0.15, 0.2) is 9.84 Å². The number of methoxy groups -OCH3 is 1. The number of sulfone groups is 1. The molecule has 3 atom stereocenters. The predicted molar refractivity (Wildman–Crippen MR) is 94.7 cm³/mol. The molecule has 128 valence electrons. The third-order valence-electron chi connectivity index (χ3n) is 5.02. The Morgan fingerprint density at radius 3 is 2.25 bits per heavy atom. The van der Waals surface area contributed by atoms with Crippen molar-refractivity contribution in [2.75, 3.05) is 20.3 Å². The molecular weight excluding hydrogens is 322 g/mol. The first-order valence-electron chi connectivity index (χ1n) is 8.02. The van der Waals surface area contributed by atoms with Gasteiger partial charge in [0.05, 0.1) is 16.8 Å². The number of benzene rings is 2. The van der Waals surface area contributed by atoms with Gasteiger partial charge in [0.2, 0.25) is 0 Å². The Labute approximate surface area is 143 Å². The van der Waals surface area contributed by atoms with Crippen LogP contribution in [0.1, 0.15) is 17.0 Å². The molecule has 0 radical (unpaired) electrons. The van der Waals surface area contributed by atoms with Crippen molar-refractivity contribution in [1.29, 1.82) is 0 Å². The van der Waals surface area contributed by atoms with Crippen LogP contribution in [0.4, 0.5) is 0 Å². The average molecular weight is 345 g/mol. The Morgan fingerprint density at radius 2 is 1.71 bits per heavy atom. The second-order valence-corrected chi connectivity index (χ2v) is 8.61. The number of hydrogen-bond donors (Lipinski definition) is 1. The minimum atomic E-state index is -3.48. The largest absolute Gasteiger partial charge is 0.384 e. The molecule has 0 heterocycles. The van der Waals surface area contributed by atoms with Crippen molar-refractivity contribution in [2.24, 2.45) is 11.1 Å². The number of rotatable bonds is 6. The molecule has 1 fully saturated rings. The van der Waals surface area contributed by atoms with Crippen LogP contribution in [0.3, 0.4) is 0 Å². The molecule has 1 saturated carbocycles. The monoisotopic (exact) mass is 345 g/mol. The van der Waals surface area contributed by atoms with Crippen molar-refractivity contribution in [3.05, 3.63) is 65.7 Å². The third-order valence-corrected chi connectivity index (χ3v) is 7.35. The maximum absolute atomic E-state index is 13.2. The van der Waals surface area contributed by atoms with Crippen LogP contribution in [0.5, 0.6) is 0 Å². The van der Waals surface area contributed by atoms with Gasteiger partial charge >= 0.3 is 0 Å². The van der Waals surface area contributed by atoms with E-state index in [2.05, 4.69) is 0 Å². The maximum Gasteiger partial charge on any atom is 0.182 e. The minimum absolute atomic E-state index is 0.145. The molecule has 0 aromatic heterocycles. The minimum Gasteiger partial charge on any atom is -0.384 e. The molecule has 2 aromatic rings. The van der Waals surface area contributed by atoms with Crippen molar-refractivity contribution in [3.63, 3.8) is 0 Å². The lowest BCUT2D eigenvalue weighted by molar-refractivity contribution is 0.142. The quantitative estimate of drug-likeness (QED) is 0.873. The Balaban J connectivity index is 2.05. The molecule has 0 amide bonds. The summed E-state index contributed by atoms with van der Waals surface area (Å²) in [6, 6.07) is 16.6. The molecule has 24 heavy (non-hydrogen) atoms. The van der Waals surface area contributed by atoms with Crippen molar-refractivity contribution in [2.45, 2.75) is 23.0 Å². The molecule has 1 aliphatic rings. The van der Waals surface area contributed by atoms with Crippen LogP contribution in [0.25, 0.3) is 0 Å². The molecular formula is C19H23NO3S. The number of aryl methyl sites for hydroxylation is 1. The SMILES string of the molecule is COCC1(CN)C(c2ccc(C)cc2)C1S(=O)(=O)c1ccccc1. The van der Waals surface area contributed by atoms with Gasteiger partial charge < -0.3 is 10.5 Å². The van der Waals surface area contributed by atoms with Crippen molar-refractivity contribution >= 4 is 9.84 Å². The first kappa shape index (κ1) is 17.1. The van der Waals surface area contributed by atoms with Crippen molar-refractivity contribution in [1.82, 2.24) is 0 Å². The molecule has 2 aromatic carbocycles. The third kappa shape index (κ3) is 2.66. The van der Waals surface area contributed by atoms with Crippen LogP contribution < -0.4 is 5.73 Å². The second kappa shape index (κ2) is 6.31. The summed E-state index contributed by atoms with van der Waals surface area (Å²) >= 11 is 0. The molecule has 5 heteroatoms. The van der Waals surface area contributed by atoms with Crippen LogP contribution in [0.15, 0.2) is 59.5 Å². The van der Waals surface area contributed by atoms with E-state index < -0.39 is 20.5 Å². The van der Waals surface area contributed by atoms with E-state index in [1.165, 1.54) is 0 Å². The highest BCUT2D eigenvalue weighted by Crippen LogP contribution is 2.63. The van der Waals surface area contributed by atoms with Gasteiger partial charge in [-0.15, -0.1) is 0 Å². The summed E-state index contributed by atoms with van der Waals surface area (Å²) in [5, 5.41) is -0.556. The predicted octanol–water partition coefficient (Wildman–Crippen LogP) is 2.53. The van der Waals surface area contributed by atoms with Crippen LogP contribution >= 0.6 is 0 Å². The summed E-state index contributed by atoms with van der Waals surface area (Å²) < 4.78 is 31.7. The summed E-state index contributed by atoms with van der Waals surface area (Å²) in [6.07, 6.45) is 0. The summed E-state index contributed by atoms with van der Waals surface area (Å²) in [7, 11) is -1.88. The van der Waals surface area contributed by atoms with E-state index in [-0.39, 0.29) is 12.5 Å². The van der Waals surface area contributed by atoms with Gasteiger partial charge in [-0.3, -0.25) is 0 Å². The van der Waals surface area contributed by atoms with Gasteiger partial charge in [0, 0.05) is 25.0 Å². The molecule has 2 N–H and O–H groups in total. The lowest BCUT2D eigenvalue weighted by Crippen LogP contribution is -2.28. The summed E-state index contributed by atoms with van der Waals surface area (Å²) in [5.41, 5.74) is 7.61. The molecule has 3 rings (SSSR count). The normalized spacial score (nSPS) is 26.3. The fourth-order valence-corrected chi connectivity index (χ4v) is 6.19.